The van der Waals surface area contributed by atoms with Crippen LogP contribution in [0.3, 0.4) is 0 Å². The molecule has 0 aromatic rings. The minimum absolute atomic E-state index is 0.00960. The van der Waals surface area contributed by atoms with Gasteiger partial charge in [-0.2, -0.15) is 12.6 Å². The average molecular weight is 409 g/mol. The summed E-state index contributed by atoms with van der Waals surface area (Å²) in [6, 6.07) is 0. The molecule has 0 spiro atoms. The zero-order chi connectivity index (χ0) is 20.7. The topological polar surface area (TPSA) is 74.6 Å². The molecule has 4 rings (SSSR count). The summed E-state index contributed by atoms with van der Waals surface area (Å²) in [5, 5.41) is 22.7. The fourth-order valence-electron chi connectivity index (χ4n) is 7.26. The first-order valence-corrected chi connectivity index (χ1v) is 10.8. The normalized spacial score (nSPS) is 52.5. The Kier molecular flexibility index (Phi) is 4.36. The number of Topliss-reactive ketones (excluding diaryl/α,β-unsaturated/α-hetero) is 1. The minimum Gasteiger partial charge on any atom is -0.390 e. The van der Waals surface area contributed by atoms with Gasteiger partial charge in [-0.05, 0) is 56.6 Å². The van der Waals surface area contributed by atoms with Crippen molar-refractivity contribution in [3.8, 4) is 0 Å². The highest BCUT2D eigenvalue weighted by Gasteiger charge is 2.75. The predicted molar refractivity (Wildman–Crippen MR) is 107 cm³/mol. The highest BCUT2D eigenvalue weighted by Crippen LogP contribution is 2.70. The van der Waals surface area contributed by atoms with E-state index < -0.39 is 34.1 Å². The van der Waals surface area contributed by atoms with Gasteiger partial charge < -0.3 is 10.2 Å². The Morgan fingerprint density at radius 1 is 1.36 bits per heavy atom. The van der Waals surface area contributed by atoms with Crippen molar-refractivity contribution in [2.75, 3.05) is 5.75 Å². The second-order valence-corrected chi connectivity index (χ2v) is 10.1. The summed E-state index contributed by atoms with van der Waals surface area (Å²) < 4.78 is 16.9. The number of rotatable bonds is 2. The van der Waals surface area contributed by atoms with E-state index in [1.54, 1.807) is 13.0 Å². The third-order valence-corrected chi connectivity index (χ3v) is 9.08. The molecule has 0 saturated heterocycles. The molecule has 28 heavy (non-hydrogen) atoms. The van der Waals surface area contributed by atoms with Crippen molar-refractivity contribution >= 4 is 24.2 Å². The monoisotopic (exact) mass is 408 g/mol. The van der Waals surface area contributed by atoms with Crippen LogP contribution in [0.4, 0.5) is 4.39 Å². The van der Waals surface area contributed by atoms with E-state index in [1.165, 1.54) is 12.2 Å². The van der Waals surface area contributed by atoms with Gasteiger partial charge in [0.1, 0.15) is 5.60 Å². The van der Waals surface area contributed by atoms with E-state index in [-0.39, 0.29) is 35.6 Å². The summed E-state index contributed by atoms with van der Waals surface area (Å²) in [6.45, 7) is 5.44. The Bertz CT molecular complexity index is 808. The Labute approximate surface area is 170 Å². The first kappa shape index (κ1) is 20.3. The van der Waals surface area contributed by atoms with Crippen molar-refractivity contribution in [1.82, 2.24) is 0 Å². The molecule has 0 amide bonds. The van der Waals surface area contributed by atoms with E-state index in [4.69, 9.17) is 0 Å². The molecular formula is C22H29FO4S. The van der Waals surface area contributed by atoms with Crippen LogP contribution in [0.15, 0.2) is 23.8 Å². The summed E-state index contributed by atoms with van der Waals surface area (Å²) in [4.78, 5) is 24.6. The van der Waals surface area contributed by atoms with Crippen LogP contribution in [0.1, 0.15) is 46.5 Å². The van der Waals surface area contributed by atoms with Crippen LogP contribution in [0.25, 0.3) is 0 Å². The first-order chi connectivity index (χ1) is 13.0. The van der Waals surface area contributed by atoms with Gasteiger partial charge in [-0.25, -0.2) is 4.39 Å². The molecule has 154 valence electrons. The van der Waals surface area contributed by atoms with Crippen molar-refractivity contribution in [3.63, 3.8) is 0 Å². The van der Waals surface area contributed by atoms with Crippen molar-refractivity contribution < 1.29 is 24.2 Å². The molecule has 0 radical (unpaired) electrons. The number of allylic oxidation sites excluding steroid dienone is 4. The predicted octanol–water partition coefficient (Wildman–Crippen LogP) is 2.83. The van der Waals surface area contributed by atoms with Crippen molar-refractivity contribution in [1.29, 1.82) is 0 Å². The molecule has 0 bridgehead atoms. The number of carbonyl (C=O) groups is 2. The van der Waals surface area contributed by atoms with E-state index >= 15 is 4.39 Å². The van der Waals surface area contributed by atoms with Crippen LogP contribution < -0.4 is 0 Å². The van der Waals surface area contributed by atoms with Gasteiger partial charge in [0, 0.05) is 16.7 Å². The SMILES string of the molecule is C[C@H]1C[C@H]2[C@@H]3CCC4=CC(=O)C=C[C@]4(C)C3(F)C(O)C[C@]2(C)[C@@]1(O)C(=O)CS. The molecule has 4 aliphatic carbocycles. The Morgan fingerprint density at radius 2 is 2.04 bits per heavy atom. The van der Waals surface area contributed by atoms with Gasteiger partial charge in [0.25, 0.3) is 0 Å². The smallest absolute Gasteiger partial charge is 0.178 e. The van der Waals surface area contributed by atoms with E-state index in [0.29, 0.717) is 19.3 Å². The van der Waals surface area contributed by atoms with Gasteiger partial charge in [-0.1, -0.05) is 25.5 Å². The number of thiol groups is 1. The lowest BCUT2D eigenvalue weighted by atomic mass is 9.44. The van der Waals surface area contributed by atoms with Gasteiger partial charge in [0.15, 0.2) is 17.2 Å². The van der Waals surface area contributed by atoms with Gasteiger partial charge in [-0.3, -0.25) is 9.59 Å². The van der Waals surface area contributed by atoms with Crippen molar-refractivity contribution in [3.05, 3.63) is 23.8 Å². The molecule has 3 fully saturated rings. The summed E-state index contributed by atoms with van der Waals surface area (Å²) in [5.74, 6) is -1.63. The molecule has 2 unspecified atom stereocenters. The summed E-state index contributed by atoms with van der Waals surface area (Å²) >= 11 is 4.10. The number of alkyl halides is 1. The standard InChI is InChI=1S/C22H29FO4S/c1-12-8-16-15-5-4-13-9-14(24)6-7-19(13,2)21(15,23)17(25)10-20(16,3)22(12,27)18(26)11-28/h6-7,9,12,15-17,25,27-28H,4-5,8,10-11H2,1-3H3/t12-,15-,16-,17?,19-,20-,21?,22-/m0/s1. The van der Waals surface area contributed by atoms with Crippen LogP contribution >= 0.6 is 12.6 Å². The average Bonchev–Trinajstić information content (AvgIpc) is 2.84. The van der Waals surface area contributed by atoms with Crippen LogP contribution in [0.2, 0.25) is 0 Å². The van der Waals surface area contributed by atoms with Gasteiger partial charge in [0.05, 0.1) is 11.9 Å². The zero-order valence-corrected chi connectivity index (χ0v) is 17.5. The molecule has 3 saturated carbocycles. The maximum Gasteiger partial charge on any atom is 0.178 e. The second-order valence-electron chi connectivity index (χ2n) is 9.75. The molecule has 0 aromatic heterocycles. The Morgan fingerprint density at radius 3 is 2.68 bits per heavy atom. The highest BCUT2D eigenvalue weighted by molar-refractivity contribution is 7.81. The lowest BCUT2D eigenvalue weighted by Crippen LogP contribution is -2.69. The lowest BCUT2D eigenvalue weighted by molar-refractivity contribution is -0.218. The van der Waals surface area contributed by atoms with E-state index in [9.17, 15) is 19.8 Å². The maximum absolute atomic E-state index is 16.9. The Balaban J connectivity index is 1.84. The number of fused-ring (bicyclic) bond motifs is 5. The third-order valence-electron chi connectivity index (χ3n) is 8.79. The molecule has 4 aliphatic rings. The summed E-state index contributed by atoms with van der Waals surface area (Å²) in [5.41, 5.74) is -4.78. The van der Waals surface area contributed by atoms with Crippen molar-refractivity contribution in [2.45, 2.75) is 63.8 Å². The Hall–Kier alpha value is -0.980. The number of carbonyl (C=O) groups excluding carboxylic acids is 2. The quantitative estimate of drug-likeness (QED) is 0.615. The van der Waals surface area contributed by atoms with E-state index in [2.05, 4.69) is 12.6 Å². The largest absolute Gasteiger partial charge is 0.390 e. The molecule has 4 nitrogen and oxygen atoms in total. The number of halogens is 1. The van der Waals surface area contributed by atoms with Crippen LogP contribution in [-0.4, -0.2) is 44.9 Å². The third kappa shape index (κ3) is 2.09. The van der Waals surface area contributed by atoms with Crippen LogP contribution in [0, 0.1) is 28.6 Å². The summed E-state index contributed by atoms with van der Waals surface area (Å²) in [6.07, 6.45) is 4.80. The molecule has 6 heteroatoms. The highest BCUT2D eigenvalue weighted by atomic mass is 32.1. The fourth-order valence-corrected chi connectivity index (χ4v) is 7.50. The zero-order valence-electron chi connectivity index (χ0n) is 16.6. The molecule has 0 aliphatic heterocycles. The van der Waals surface area contributed by atoms with Crippen LogP contribution in [-0.2, 0) is 9.59 Å². The number of hydrogen-bond acceptors (Lipinski definition) is 5. The van der Waals surface area contributed by atoms with E-state index in [1.807, 2.05) is 13.8 Å². The van der Waals surface area contributed by atoms with E-state index in [0.717, 1.165) is 5.57 Å². The lowest BCUT2D eigenvalue weighted by Gasteiger charge is -2.62. The first-order valence-electron chi connectivity index (χ1n) is 10.1. The maximum atomic E-state index is 16.9. The molecule has 2 N–H and O–H groups in total. The molecule has 8 atom stereocenters. The van der Waals surface area contributed by atoms with Gasteiger partial charge in [0.2, 0.25) is 0 Å². The minimum atomic E-state index is -1.94. The molecule has 0 heterocycles. The number of hydrogen-bond donors (Lipinski definition) is 3. The number of ketones is 2. The van der Waals surface area contributed by atoms with Crippen LogP contribution in [0.5, 0.6) is 0 Å². The second kappa shape index (κ2) is 6.02. The number of aliphatic hydroxyl groups is 2. The number of aliphatic hydroxyl groups excluding tert-OH is 1. The summed E-state index contributed by atoms with van der Waals surface area (Å²) in [7, 11) is 0. The molecular weight excluding hydrogens is 379 g/mol. The van der Waals surface area contributed by atoms with Crippen molar-refractivity contribution in [2.24, 2.45) is 28.6 Å². The molecule has 0 aromatic carbocycles. The fraction of sp³-hybridized carbons (Fsp3) is 0.727. The van der Waals surface area contributed by atoms with Gasteiger partial charge >= 0.3 is 0 Å². The van der Waals surface area contributed by atoms with Gasteiger partial charge in [-0.15, -0.1) is 0 Å².